The minimum Gasteiger partial charge on any atom is -0.508 e. The lowest BCUT2D eigenvalue weighted by Crippen LogP contribution is -2.27. The van der Waals surface area contributed by atoms with E-state index in [1.54, 1.807) is 11.6 Å². The van der Waals surface area contributed by atoms with E-state index in [0.717, 1.165) is 19.3 Å². The highest BCUT2D eigenvalue weighted by Crippen LogP contribution is 2.43. The highest BCUT2D eigenvalue weighted by molar-refractivity contribution is 5.88. The number of rotatable bonds is 9. The Kier molecular flexibility index (Phi) is 8.52. The number of carboxylic acid groups (broad SMARTS) is 1. The Morgan fingerprint density at radius 2 is 1.87 bits per heavy atom. The second kappa shape index (κ2) is 10.7. The average Bonchev–Trinajstić information content (AvgIpc) is 2.66. The van der Waals surface area contributed by atoms with Crippen LogP contribution in [0.1, 0.15) is 89.1 Å². The summed E-state index contributed by atoms with van der Waals surface area (Å²) in [6.45, 7) is 11.4. The summed E-state index contributed by atoms with van der Waals surface area (Å²) in [7, 11) is 0. The average molecular weight is 411 g/mol. The van der Waals surface area contributed by atoms with Crippen LogP contribution in [0.5, 0.6) is 5.75 Å². The molecule has 3 heteroatoms. The molecule has 2 rings (SSSR count). The molecule has 0 radical (unpaired) electrons. The molecular formula is C27H38O3. The lowest BCUT2D eigenvalue weighted by molar-refractivity contribution is 0.0696. The fourth-order valence-corrected chi connectivity index (χ4v) is 4.51. The molecule has 1 atom stereocenters. The number of carboxylic acids is 1. The number of phenolic OH excluding ortho intramolecular Hbond substituents is 1. The number of aromatic carboxylic acids is 1. The number of aromatic hydroxyl groups is 1. The van der Waals surface area contributed by atoms with Crippen molar-refractivity contribution in [2.24, 2.45) is 11.3 Å². The normalized spacial score (nSPS) is 19.5. The Morgan fingerprint density at radius 3 is 2.53 bits per heavy atom. The summed E-state index contributed by atoms with van der Waals surface area (Å²) >= 11 is 0. The smallest absolute Gasteiger partial charge is 0.335 e. The first-order valence-corrected chi connectivity index (χ1v) is 11.1. The van der Waals surface area contributed by atoms with Gasteiger partial charge in [0.25, 0.3) is 0 Å². The molecule has 0 aromatic heterocycles. The van der Waals surface area contributed by atoms with Crippen molar-refractivity contribution in [3.63, 3.8) is 0 Å². The SMILES string of the molecule is CC1=CCCC(C)(C)C1CC/C(C)=C/CC/C(C)=C/Cc1cc(C(=O)O)ccc1O. The summed E-state index contributed by atoms with van der Waals surface area (Å²) in [5.41, 5.74) is 5.54. The first-order chi connectivity index (χ1) is 14.1. The Bertz CT molecular complexity index is 840. The zero-order valence-electron chi connectivity index (χ0n) is 19.3. The van der Waals surface area contributed by atoms with Crippen LogP contribution in [-0.4, -0.2) is 16.2 Å². The minimum absolute atomic E-state index is 0.148. The minimum atomic E-state index is -0.972. The quantitative estimate of drug-likeness (QED) is 0.415. The first-order valence-electron chi connectivity index (χ1n) is 11.1. The van der Waals surface area contributed by atoms with Gasteiger partial charge >= 0.3 is 5.97 Å². The molecule has 1 aliphatic rings. The monoisotopic (exact) mass is 410 g/mol. The standard InChI is InChI=1S/C27H38O3/c1-19(11-13-22-18-23(26(29)30)14-16-25(22)28)8-6-9-20(2)12-15-24-21(3)10-7-17-27(24,4)5/h9-11,14,16,18,24,28H,6-8,12-13,15,17H2,1-5H3,(H,29,30)/b19-11+,20-9+. The molecule has 1 unspecified atom stereocenters. The van der Waals surface area contributed by atoms with Crippen LogP contribution in [0, 0.1) is 11.3 Å². The molecule has 3 nitrogen and oxygen atoms in total. The number of carbonyl (C=O) groups is 1. The predicted molar refractivity (Wildman–Crippen MR) is 125 cm³/mol. The lowest BCUT2D eigenvalue weighted by atomic mass is 9.67. The fourth-order valence-electron chi connectivity index (χ4n) is 4.51. The maximum atomic E-state index is 11.1. The molecule has 1 aromatic carbocycles. The molecule has 0 saturated carbocycles. The van der Waals surface area contributed by atoms with E-state index in [1.165, 1.54) is 42.5 Å². The van der Waals surface area contributed by atoms with Crippen LogP contribution in [0.4, 0.5) is 0 Å². The summed E-state index contributed by atoms with van der Waals surface area (Å²) in [4.78, 5) is 11.1. The van der Waals surface area contributed by atoms with Gasteiger partial charge in [-0.2, -0.15) is 0 Å². The predicted octanol–water partition coefficient (Wildman–Crippen LogP) is 7.47. The molecule has 1 aromatic rings. The van der Waals surface area contributed by atoms with Crippen molar-refractivity contribution in [1.29, 1.82) is 0 Å². The van der Waals surface area contributed by atoms with Crippen LogP contribution in [-0.2, 0) is 6.42 Å². The van der Waals surface area contributed by atoms with Crippen molar-refractivity contribution >= 4 is 5.97 Å². The van der Waals surface area contributed by atoms with Crippen LogP contribution in [0.25, 0.3) is 0 Å². The summed E-state index contributed by atoms with van der Waals surface area (Å²) in [6.07, 6.45) is 14.3. The number of phenols is 1. The van der Waals surface area contributed by atoms with Crippen molar-refractivity contribution in [1.82, 2.24) is 0 Å². The summed E-state index contributed by atoms with van der Waals surface area (Å²) in [5.74, 6) is -0.139. The molecule has 0 spiro atoms. The van der Waals surface area contributed by atoms with Gasteiger partial charge in [0.2, 0.25) is 0 Å². The molecule has 0 heterocycles. The second-order valence-corrected chi connectivity index (χ2v) is 9.56. The Balaban J connectivity index is 1.84. The van der Waals surface area contributed by atoms with Crippen LogP contribution in [0.3, 0.4) is 0 Å². The van der Waals surface area contributed by atoms with Gasteiger partial charge in [0.1, 0.15) is 5.75 Å². The largest absolute Gasteiger partial charge is 0.508 e. The number of hydrogen-bond acceptors (Lipinski definition) is 2. The van der Waals surface area contributed by atoms with Crippen LogP contribution >= 0.6 is 0 Å². The van der Waals surface area contributed by atoms with Gasteiger partial charge in [-0.15, -0.1) is 0 Å². The van der Waals surface area contributed by atoms with E-state index < -0.39 is 5.97 Å². The molecule has 0 fully saturated rings. The van der Waals surface area contributed by atoms with Gasteiger partial charge in [-0.3, -0.25) is 0 Å². The van der Waals surface area contributed by atoms with E-state index in [2.05, 4.69) is 52.8 Å². The van der Waals surface area contributed by atoms with E-state index in [-0.39, 0.29) is 11.3 Å². The van der Waals surface area contributed by atoms with Crippen molar-refractivity contribution < 1.29 is 15.0 Å². The summed E-state index contributed by atoms with van der Waals surface area (Å²) in [5, 5.41) is 19.1. The van der Waals surface area contributed by atoms with E-state index in [4.69, 9.17) is 5.11 Å². The molecule has 0 amide bonds. The molecular weight excluding hydrogens is 372 g/mol. The van der Waals surface area contributed by atoms with Crippen LogP contribution in [0.15, 0.2) is 53.1 Å². The third kappa shape index (κ3) is 6.90. The third-order valence-electron chi connectivity index (χ3n) is 6.60. The van der Waals surface area contributed by atoms with Gasteiger partial charge in [0.05, 0.1) is 5.56 Å². The van der Waals surface area contributed by atoms with Gasteiger partial charge in [-0.25, -0.2) is 4.79 Å². The number of benzene rings is 1. The highest BCUT2D eigenvalue weighted by Gasteiger charge is 2.32. The first kappa shape index (κ1) is 24.0. The van der Waals surface area contributed by atoms with Crippen molar-refractivity contribution in [3.8, 4) is 5.75 Å². The Morgan fingerprint density at radius 1 is 1.17 bits per heavy atom. The van der Waals surface area contributed by atoms with E-state index in [0.29, 0.717) is 23.3 Å². The highest BCUT2D eigenvalue weighted by atomic mass is 16.4. The Labute approximate surface area is 182 Å². The Hall–Kier alpha value is -2.29. The lowest BCUT2D eigenvalue weighted by Gasteiger charge is -2.38. The van der Waals surface area contributed by atoms with E-state index >= 15 is 0 Å². The van der Waals surface area contributed by atoms with Gasteiger partial charge in [0, 0.05) is 0 Å². The van der Waals surface area contributed by atoms with Crippen molar-refractivity contribution in [3.05, 3.63) is 64.3 Å². The van der Waals surface area contributed by atoms with Crippen LogP contribution < -0.4 is 0 Å². The fraction of sp³-hybridized carbons (Fsp3) is 0.519. The van der Waals surface area contributed by atoms with Crippen molar-refractivity contribution in [2.45, 2.75) is 79.6 Å². The molecule has 2 N–H and O–H groups in total. The molecule has 30 heavy (non-hydrogen) atoms. The zero-order chi connectivity index (χ0) is 22.3. The summed E-state index contributed by atoms with van der Waals surface area (Å²) in [6, 6.07) is 4.43. The molecule has 0 bridgehead atoms. The maximum absolute atomic E-state index is 11.1. The second-order valence-electron chi connectivity index (χ2n) is 9.56. The van der Waals surface area contributed by atoms with Gasteiger partial charge in [0.15, 0.2) is 0 Å². The van der Waals surface area contributed by atoms with E-state index in [9.17, 15) is 9.90 Å². The number of allylic oxidation sites excluding steroid dienone is 6. The van der Waals surface area contributed by atoms with Crippen LogP contribution in [0.2, 0.25) is 0 Å². The van der Waals surface area contributed by atoms with Crippen molar-refractivity contribution in [2.75, 3.05) is 0 Å². The topological polar surface area (TPSA) is 57.5 Å². The molecule has 0 saturated heterocycles. The van der Waals surface area contributed by atoms with Gasteiger partial charge in [-0.1, -0.05) is 48.8 Å². The van der Waals surface area contributed by atoms with E-state index in [1.807, 2.05) is 0 Å². The third-order valence-corrected chi connectivity index (χ3v) is 6.60. The van der Waals surface area contributed by atoms with Gasteiger partial charge < -0.3 is 10.2 Å². The number of hydrogen-bond donors (Lipinski definition) is 2. The maximum Gasteiger partial charge on any atom is 0.335 e. The zero-order valence-corrected chi connectivity index (χ0v) is 19.3. The molecule has 1 aliphatic carbocycles. The molecule has 164 valence electrons. The van der Waals surface area contributed by atoms with Gasteiger partial charge in [-0.05, 0) is 101 Å². The summed E-state index contributed by atoms with van der Waals surface area (Å²) < 4.78 is 0. The molecule has 0 aliphatic heterocycles.